The first-order valence-electron chi connectivity index (χ1n) is 6.52. The summed E-state index contributed by atoms with van der Waals surface area (Å²) < 4.78 is 1.57. The zero-order valence-electron chi connectivity index (χ0n) is 11.6. The number of aromatic nitrogens is 2. The maximum Gasteiger partial charge on any atom is 0.356 e. The Morgan fingerprint density at radius 1 is 1.52 bits per heavy atom. The lowest BCUT2D eigenvalue weighted by atomic mass is 10.2. The smallest absolute Gasteiger partial charge is 0.356 e. The Kier molecular flexibility index (Phi) is 4.41. The van der Waals surface area contributed by atoms with Crippen LogP contribution in [0.3, 0.4) is 0 Å². The first-order valence-corrected chi connectivity index (χ1v) is 6.52. The molecule has 21 heavy (non-hydrogen) atoms. The molecule has 0 saturated carbocycles. The van der Waals surface area contributed by atoms with Gasteiger partial charge in [0.25, 0.3) is 0 Å². The number of amides is 3. The number of rotatable bonds is 5. The van der Waals surface area contributed by atoms with E-state index in [1.807, 2.05) is 0 Å². The molecule has 0 aromatic carbocycles. The highest BCUT2D eigenvalue weighted by Gasteiger charge is 2.29. The first kappa shape index (κ1) is 14.8. The van der Waals surface area contributed by atoms with E-state index in [1.165, 1.54) is 12.5 Å². The minimum Gasteiger partial charge on any atom is -0.476 e. The van der Waals surface area contributed by atoms with Crippen LogP contribution in [0.4, 0.5) is 4.79 Å². The van der Waals surface area contributed by atoms with Crippen molar-refractivity contribution in [1.82, 2.24) is 25.1 Å². The highest BCUT2D eigenvalue weighted by Crippen LogP contribution is 2.07. The van der Waals surface area contributed by atoms with E-state index in [4.69, 9.17) is 5.11 Å². The maximum atomic E-state index is 11.6. The quantitative estimate of drug-likeness (QED) is 0.651. The van der Waals surface area contributed by atoms with Crippen molar-refractivity contribution in [3.8, 4) is 0 Å². The number of imidazole rings is 1. The van der Waals surface area contributed by atoms with Crippen molar-refractivity contribution in [2.24, 2.45) is 0 Å². The van der Waals surface area contributed by atoms with Crippen LogP contribution in [0, 0.1) is 0 Å². The van der Waals surface area contributed by atoms with Crippen molar-refractivity contribution < 1.29 is 19.5 Å². The fourth-order valence-electron chi connectivity index (χ4n) is 2.06. The summed E-state index contributed by atoms with van der Waals surface area (Å²) in [5.41, 5.74) is -0.0426. The Morgan fingerprint density at radius 2 is 2.29 bits per heavy atom. The molecule has 0 spiro atoms. The minimum atomic E-state index is -1.09. The van der Waals surface area contributed by atoms with E-state index in [1.54, 1.807) is 16.5 Å². The molecule has 3 amide bonds. The highest BCUT2D eigenvalue weighted by molar-refractivity contribution is 5.88. The van der Waals surface area contributed by atoms with Crippen molar-refractivity contribution in [1.29, 1.82) is 0 Å². The van der Waals surface area contributed by atoms with E-state index in [2.05, 4.69) is 15.6 Å². The monoisotopic (exact) mass is 295 g/mol. The SMILES string of the molecule is CN1CCC(NC(=O)NCCn2cnc(C(=O)O)c2)C1=O. The number of nitrogens with zero attached hydrogens (tertiary/aromatic N) is 3. The normalized spacial score (nSPS) is 17.9. The fraction of sp³-hybridized carbons (Fsp3) is 0.500. The second-order valence-electron chi connectivity index (χ2n) is 4.80. The molecule has 0 radical (unpaired) electrons. The van der Waals surface area contributed by atoms with E-state index < -0.39 is 18.0 Å². The number of carboxylic acids is 1. The predicted octanol–water partition coefficient (Wildman–Crippen LogP) is -0.889. The summed E-state index contributed by atoms with van der Waals surface area (Å²) >= 11 is 0. The summed E-state index contributed by atoms with van der Waals surface area (Å²) in [4.78, 5) is 39.2. The second-order valence-corrected chi connectivity index (χ2v) is 4.80. The van der Waals surface area contributed by atoms with Gasteiger partial charge in [0, 0.05) is 32.9 Å². The van der Waals surface area contributed by atoms with Crippen LogP contribution >= 0.6 is 0 Å². The third kappa shape index (κ3) is 3.71. The van der Waals surface area contributed by atoms with Crippen molar-refractivity contribution in [3.05, 3.63) is 18.2 Å². The van der Waals surface area contributed by atoms with Gasteiger partial charge in [0.1, 0.15) is 6.04 Å². The molecule has 9 nitrogen and oxygen atoms in total. The van der Waals surface area contributed by atoms with Gasteiger partial charge in [-0.25, -0.2) is 14.6 Å². The molecule has 1 aromatic heterocycles. The third-order valence-electron chi connectivity index (χ3n) is 3.24. The van der Waals surface area contributed by atoms with Crippen molar-refractivity contribution in [3.63, 3.8) is 0 Å². The van der Waals surface area contributed by atoms with E-state index in [0.29, 0.717) is 26.1 Å². The minimum absolute atomic E-state index is 0.0426. The van der Waals surface area contributed by atoms with Crippen molar-refractivity contribution >= 4 is 17.9 Å². The van der Waals surface area contributed by atoms with Crippen LogP contribution in [0.5, 0.6) is 0 Å². The number of nitrogens with one attached hydrogen (secondary N) is 2. The standard InChI is InChI=1S/C12H17N5O4/c1-16-4-2-8(10(16)18)15-12(21)13-3-5-17-6-9(11(19)20)14-7-17/h6-8H,2-5H2,1H3,(H,19,20)(H2,13,15,21). The number of hydrogen-bond acceptors (Lipinski definition) is 4. The van der Waals surface area contributed by atoms with Gasteiger partial charge in [-0.2, -0.15) is 0 Å². The highest BCUT2D eigenvalue weighted by atomic mass is 16.4. The van der Waals surface area contributed by atoms with E-state index >= 15 is 0 Å². The molecule has 2 rings (SSSR count). The average molecular weight is 295 g/mol. The molecule has 1 aromatic rings. The van der Waals surface area contributed by atoms with Gasteiger partial charge < -0.3 is 25.2 Å². The Labute approximate surface area is 120 Å². The summed E-state index contributed by atoms with van der Waals surface area (Å²) in [5, 5.41) is 13.9. The van der Waals surface area contributed by atoms with Gasteiger partial charge in [0.05, 0.1) is 6.33 Å². The second kappa shape index (κ2) is 6.25. The van der Waals surface area contributed by atoms with Gasteiger partial charge in [0.2, 0.25) is 5.91 Å². The number of carbonyl (C=O) groups is 3. The molecule has 1 saturated heterocycles. The zero-order chi connectivity index (χ0) is 15.4. The molecule has 114 valence electrons. The molecule has 1 aliphatic rings. The molecule has 1 atom stereocenters. The molecule has 9 heteroatoms. The Balaban J connectivity index is 1.71. The fourth-order valence-corrected chi connectivity index (χ4v) is 2.06. The van der Waals surface area contributed by atoms with Crippen LogP contribution in [0.1, 0.15) is 16.9 Å². The van der Waals surface area contributed by atoms with Crippen LogP contribution in [-0.2, 0) is 11.3 Å². The van der Waals surface area contributed by atoms with Crippen LogP contribution < -0.4 is 10.6 Å². The Hall–Kier alpha value is -2.58. The van der Waals surface area contributed by atoms with Gasteiger partial charge in [-0.3, -0.25) is 4.79 Å². The molecular formula is C12H17N5O4. The third-order valence-corrected chi connectivity index (χ3v) is 3.24. The van der Waals surface area contributed by atoms with Crippen LogP contribution in [0.2, 0.25) is 0 Å². The molecule has 2 heterocycles. The van der Waals surface area contributed by atoms with E-state index in [9.17, 15) is 14.4 Å². The number of likely N-dealkylation sites (tertiary alicyclic amines) is 1. The number of hydrogen-bond donors (Lipinski definition) is 3. The number of carboxylic acid groups (broad SMARTS) is 1. The number of likely N-dealkylation sites (N-methyl/N-ethyl adjacent to an activating group) is 1. The van der Waals surface area contributed by atoms with Crippen LogP contribution in [0.15, 0.2) is 12.5 Å². The maximum absolute atomic E-state index is 11.6. The molecule has 0 aliphatic carbocycles. The van der Waals surface area contributed by atoms with Gasteiger partial charge >= 0.3 is 12.0 Å². The molecule has 0 bridgehead atoms. The number of carbonyl (C=O) groups excluding carboxylic acids is 2. The van der Waals surface area contributed by atoms with Gasteiger partial charge in [-0.1, -0.05) is 0 Å². The molecule has 1 fully saturated rings. The summed E-state index contributed by atoms with van der Waals surface area (Å²) in [6.07, 6.45) is 3.38. The molecule has 3 N–H and O–H groups in total. The van der Waals surface area contributed by atoms with Crippen molar-refractivity contribution in [2.75, 3.05) is 20.1 Å². The Bertz CT molecular complexity index is 556. The summed E-state index contributed by atoms with van der Waals surface area (Å²) in [7, 11) is 1.70. The van der Waals surface area contributed by atoms with Crippen molar-refractivity contribution in [2.45, 2.75) is 19.0 Å². The zero-order valence-corrected chi connectivity index (χ0v) is 11.6. The van der Waals surface area contributed by atoms with Gasteiger partial charge in [-0.05, 0) is 6.42 Å². The molecule has 1 aliphatic heterocycles. The Morgan fingerprint density at radius 3 is 2.86 bits per heavy atom. The van der Waals surface area contributed by atoms with Gasteiger partial charge in [0.15, 0.2) is 5.69 Å². The average Bonchev–Trinajstić information content (AvgIpc) is 3.01. The van der Waals surface area contributed by atoms with E-state index in [0.717, 1.165) is 0 Å². The largest absolute Gasteiger partial charge is 0.476 e. The van der Waals surface area contributed by atoms with Gasteiger partial charge in [-0.15, -0.1) is 0 Å². The number of aromatic carboxylic acids is 1. The first-order chi connectivity index (χ1) is 9.97. The lowest BCUT2D eigenvalue weighted by molar-refractivity contribution is -0.128. The van der Waals surface area contributed by atoms with Crippen LogP contribution in [0.25, 0.3) is 0 Å². The lowest BCUT2D eigenvalue weighted by Gasteiger charge is -2.13. The molecule has 1 unspecified atom stereocenters. The topological polar surface area (TPSA) is 117 Å². The predicted molar refractivity (Wildman–Crippen MR) is 71.8 cm³/mol. The molecular weight excluding hydrogens is 278 g/mol. The summed E-state index contributed by atoms with van der Waals surface area (Å²) in [5.74, 6) is -1.19. The number of urea groups is 1. The summed E-state index contributed by atoms with van der Waals surface area (Å²) in [6.45, 7) is 1.33. The van der Waals surface area contributed by atoms with E-state index in [-0.39, 0.29) is 11.6 Å². The lowest BCUT2D eigenvalue weighted by Crippen LogP contribution is -2.46. The summed E-state index contributed by atoms with van der Waals surface area (Å²) in [6, 6.07) is -0.885. The van der Waals surface area contributed by atoms with Crippen LogP contribution in [-0.4, -0.2) is 63.6 Å².